The molecule has 0 aliphatic carbocycles. The van der Waals surface area contributed by atoms with Gasteiger partial charge in [0.2, 0.25) is 5.91 Å². The van der Waals surface area contributed by atoms with Crippen LogP contribution in [0.1, 0.15) is 129 Å². The molecule has 9 nitrogen and oxygen atoms in total. The number of hydrogen-bond acceptors (Lipinski definition) is 8. The van der Waals surface area contributed by atoms with Gasteiger partial charge < -0.3 is 40.3 Å². The number of ether oxygens (including phenoxy) is 2. The van der Waals surface area contributed by atoms with Crippen molar-refractivity contribution in [2.45, 2.75) is 172 Å². The van der Waals surface area contributed by atoms with Crippen LogP contribution in [0.25, 0.3) is 0 Å². The van der Waals surface area contributed by atoms with Gasteiger partial charge in [-0.2, -0.15) is 0 Å². The first-order valence-electron chi connectivity index (χ1n) is 21.0. The lowest BCUT2D eigenvalue weighted by molar-refractivity contribution is -0.302. The summed E-state index contributed by atoms with van der Waals surface area (Å²) in [4.78, 5) is 12.8. The summed E-state index contributed by atoms with van der Waals surface area (Å²) in [5.74, 6) is -0.323. The lowest BCUT2D eigenvalue weighted by Gasteiger charge is -2.40. The Hall–Kier alpha value is -2.89. The number of allylic oxidation sites excluding steroid dienone is 14. The fourth-order valence-electron chi connectivity index (χ4n) is 5.78. The Balaban J connectivity index is 2.54. The number of rotatable bonds is 32. The van der Waals surface area contributed by atoms with Crippen molar-refractivity contribution in [3.8, 4) is 0 Å². The molecule has 0 spiro atoms. The van der Waals surface area contributed by atoms with Gasteiger partial charge in [-0.15, -0.1) is 0 Å². The number of carbonyl (C=O) groups is 1. The van der Waals surface area contributed by atoms with Gasteiger partial charge in [0.15, 0.2) is 6.29 Å². The zero-order valence-corrected chi connectivity index (χ0v) is 33.9. The standard InChI is InChI=1S/C46H75NO8/c1-3-5-7-9-11-13-15-17-19-20-22-23-25-27-29-31-33-35-40(49)39(38-54-46-45(53)44(52)43(51)41(37-48)55-46)47-42(50)36-34-32-30-28-26-24-21-18-16-14-12-10-8-6-4-2/h6,8,12,14,18-21,25-28,32-35,39-41,43-46,48-49,51-53H,3-5,7,9-11,13,15-17,22-24,29-31,36-38H2,1-2H3,(H,47,50)/b8-6-,14-12-,20-19+,21-18-,27-25+,28-26-,34-32-,35-33+. The number of carbonyl (C=O) groups excluding carboxylic acids is 1. The summed E-state index contributed by atoms with van der Waals surface area (Å²) in [5.41, 5.74) is 0. The third kappa shape index (κ3) is 26.6. The number of aliphatic hydroxyl groups is 5. The molecule has 0 aromatic heterocycles. The maximum absolute atomic E-state index is 12.8. The molecule has 7 atom stereocenters. The summed E-state index contributed by atoms with van der Waals surface area (Å²) in [6.07, 6.45) is 43.3. The van der Waals surface area contributed by atoms with E-state index in [-0.39, 0.29) is 18.9 Å². The summed E-state index contributed by atoms with van der Waals surface area (Å²) in [5, 5.41) is 53.9. The van der Waals surface area contributed by atoms with Gasteiger partial charge >= 0.3 is 0 Å². The van der Waals surface area contributed by atoms with Crippen molar-refractivity contribution in [1.29, 1.82) is 0 Å². The lowest BCUT2D eigenvalue weighted by Crippen LogP contribution is -2.60. The van der Waals surface area contributed by atoms with Crippen molar-refractivity contribution in [2.24, 2.45) is 0 Å². The van der Waals surface area contributed by atoms with E-state index in [0.717, 1.165) is 51.4 Å². The normalized spacial score (nSPS) is 22.3. The van der Waals surface area contributed by atoms with Gasteiger partial charge in [0.1, 0.15) is 24.4 Å². The van der Waals surface area contributed by atoms with Crippen molar-refractivity contribution in [3.63, 3.8) is 0 Å². The molecule has 0 saturated carbocycles. The minimum Gasteiger partial charge on any atom is -0.394 e. The van der Waals surface area contributed by atoms with Crippen LogP contribution >= 0.6 is 0 Å². The first kappa shape index (κ1) is 50.1. The van der Waals surface area contributed by atoms with Gasteiger partial charge in [-0.25, -0.2) is 0 Å². The van der Waals surface area contributed by atoms with Gasteiger partial charge in [-0.1, -0.05) is 150 Å². The van der Waals surface area contributed by atoms with E-state index in [1.54, 1.807) is 12.2 Å². The first-order valence-corrected chi connectivity index (χ1v) is 21.0. The molecule has 0 bridgehead atoms. The Kier molecular flexibility index (Phi) is 32.4. The second kappa shape index (κ2) is 35.5. The van der Waals surface area contributed by atoms with E-state index in [4.69, 9.17) is 9.47 Å². The Morgan fingerprint density at radius 3 is 1.71 bits per heavy atom. The summed E-state index contributed by atoms with van der Waals surface area (Å²) in [7, 11) is 0. The van der Waals surface area contributed by atoms with E-state index in [0.29, 0.717) is 12.8 Å². The Morgan fingerprint density at radius 2 is 1.15 bits per heavy atom. The minimum atomic E-state index is -1.59. The molecule has 0 radical (unpaired) electrons. The topological polar surface area (TPSA) is 149 Å². The van der Waals surface area contributed by atoms with Crippen molar-refractivity contribution < 1.29 is 39.8 Å². The Morgan fingerprint density at radius 1 is 0.636 bits per heavy atom. The molecule has 1 saturated heterocycles. The summed E-state index contributed by atoms with van der Waals surface area (Å²) in [6, 6.07) is -0.887. The molecule has 9 heteroatoms. The van der Waals surface area contributed by atoms with Gasteiger partial charge in [0.25, 0.3) is 0 Å². The zero-order valence-electron chi connectivity index (χ0n) is 33.9. The third-order valence-corrected chi connectivity index (χ3v) is 9.15. The van der Waals surface area contributed by atoms with E-state index < -0.39 is 49.5 Å². The highest BCUT2D eigenvalue weighted by atomic mass is 16.7. The van der Waals surface area contributed by atoms with Crippen LogP contribution < -0.4 is 5.32 Å². The zero-order chi connectivity index (χ0) is 40.2. The SMILES string of the molecule is CC/C=C\C/C=C\C/C=C\C/C=C\C/C=C\CC(=O)NC(COC1OC(CO)C(O)C(O)C1O)C(O)/C=C/CC/C=C/CC/C=C/CCCCCCCCC. The number of unbranched alkanes of at least 4 members (excludes halogenated alkanes) is 9. The monoisotopic (exact) mass is 770 g/mol. The van der Waals surface area contributed by atoms with Crippen LogP contribution in [-0.2, 0) is 14.3 Å². The summed E-state index contributed by atoms with van der Waals surface area (Å²) >= 11 is 0. The molecule has 1 rings (SSSR count). The Labute approximate surface area is 333 Å². The lowest BCUT2D eigenvalue weighted by atomic mass is 9.99. The molecule has 1 aliphatic rings. The predicted molar refractivity (Wildman–Crippen MR) is 225 cm³/mol. The average Bonchev–Trinajstić information content (AvgIpc) is 3.18. The van der Waals surface area contributed by atoms with E-state index in [1.807, 2.05) is 18.2 Å². The number of nitrogens with one attached hydrogen (secondary N) is 1. The van der Waals surface area contributed by atoms with E-state index in [1.165, 1.54) is 44.9 Å². The smallest absolute Gasteiger partial charge is 0.224 e. The molecular formula is C46H75NO8. The molecule has 0 aromatic rings. The Bertz CT molecular complexity index is 1170. The van der Waals surface area contributed by atoms with Crippen LogP contribution in [0.4, 0.5) is 0 Å². The van der Waals surface area contributed by atoms with Crippen molar-refractivity contribution in [2.75, 3.05) is 13.2 Å². The number of amides is 1. The average molecular weight is 770 g/mol. The fraction of sp³-hybridized carbons (Fsp3) is 0.630. The van der Waals surface area contributed by atoms with Crippen LogP contribution in [-0.4, -0.2) is 87.5 Å². The van der Waals surface area contributed by atoms with Crippen LogP contribution in [0.5, 0.6) is 0 Å². The van der Waals surface area contributed by atoms with Crippen LogP contribution in [0.2, 0.25) is 0 Å². The van der Waals surface area contributed by atoms with Gasteiger partial charge in [0.05, 0.1) is 25.4 Å². The first-order chi connectivity index (χ1) is 26.8. The van der Waals surface area contributed by atoms with Gasteiger partial charge in [-0.3, -0.25) is 4.79 Å². The minimum absolute atomic E-state index is 0.0968. The fourth-order valence-corrected chi connectivity index (χ4v) is 5.78. The molecule has 1 aliphatic heterocycles. The molecule has 1 amide bonds. The maximum atomic E-state index is 12.8. The highest BCUT2D eigenvalue weighted by Gasteiger charge is 2.44. The molecular weight excluding hydrogens is 695 g/mol. The molecule has 1 fully saturated rings. The van der Waals surface area contributed by atoms with Crippen LogP contribution in [0.15, 0.2) is 97.2 Å². The van der Waals surface area contributed by atoms with Gasteiger partial charge in [0, 0.05) is 6.42 Å². The second-order valence-corrected chi connectivity index (χ2v) is 14.0. The predicted octanol–water partition coefficient (Wildman–Crippen LogP) is 8.16. The van der Waals surface area contributed by atoms with Crippen molar-refractivity contribution in [1.82, 2.24) is 5.32 Å². The highest BCUT2D eigenvalue weighted by Crippen LogP contribution is 2.22. The number of hydrogen-bond donors (Lipinski definition) is 6. The number of aliphatic hydroxyl groups excluding tert-OH is 5. The van der Waals surface area contributed by atoms with E-state index in [2.05, 4.69) is 86.0 Å². The summed E-state index contributed by atoms with van der Waals surface area (Å²) < 4.78 is 11.1. The largest absolute Gasteiger partial charge is 0.394 e. The maximum Gasteiger partial charge on any atom is 0.224 e. The van der Waals surface area contributed by atoms with Crippen LogP contribution in [0.3, 0.4) is 0 Å². The molecule has 7 unspecified atom stereocenters. The quantitative estimate of drug-likeness (QED) is 0.0297. The molecule has 6 N–H and O–H groups in total. The van der Waals surface area contributed by atoms with E-state index in [9.17, 15) is 30.3 Å². The van der Waals surface area contributed by atoms with Gasteiger partial charge in [-0.05, 0) is 70.6 Å². The molecule has 312 valence electrons. The molecule has 1 heterocycles. The van der Waals surface area contributed by atoms with Crippen LogP contribution in [0, 0.1) is 0 Å². The third-order valence-electron chi connectivity index (χ3n) is 9.15. The molecule has 0 aromatic carbocycles. The second-order valence-electron chi connectivity index (χ2n) is 14.0. The highest BCUT2D eigenvalue weighted by molar-refractivity contribution is 5.77. The summed E-state index contributed by atoms with van der Waals surface area (Å²) in [6.45, 7) is 3.53. The van der Waals surface area contributed by atoms with Crippen molar-refractivity contribution in [3.05, 3.63) is 97.2 Å². The van der Waals surface area contributed by atoms with E-state index >= 15 is 0 Å². The van der Waals surface area contributed by atoms with Crippen molar-refractivity contribution >= 4 is 5.91 Å². The molecule has 55 heavy (non-hydrogen) atoms.